The van der Waals surface area contributed by atoms with Gasteiger partial charge in [0.25, 0.3) is 0 Å². The van der Waals surface area contributed by atoms with Gasteiger partial charge < -0.3 is 10.0 Å². The lowest BCUT2D eigenvalue weighted by Gasteiger charge is -2.09. The van der Waals surface area contributed by atoms with E-state index in [1.807, 2.05) is 0 Å². The molecule has 0 atom stereocenters. The lowest BCUT2D eigenvalue weighted by atomic mass is 10.4. The summed E-state index contributed by atoms with van der Waals surface area (Å²) in [5.74, 6) is -0.774. The third-order valence-electron chi connectivity index (χ3n) is 0.990. The molecule has 0 saturated carbocycles. The Morgan fingerprint density at radius 2 is 2.44 bits per heavy atom. The van der Waals surface area contributed by atoms with Crippen molar-refractivity contribution in [3.63, 3.8) is 0 Å². The van der Waals surface area contributed by atoms with Crippen molar-refractivity contribution >= 4 is 5.97 Å². The van der Waals surface area contributed by atoms with Crippen molar-refractivity contribution in [2.24, 2.45) is 0 Å². The molecule has 0 bridgehead atoms. The standard InChI is InChI=1S/C6H11NO2/c1-3-7(2)5-4-6(8)9/h3H,1,4-5H2,2H3,(H,8,9). The maximum atomic E-state index is 9.96. The van der Waals surface area contributed by atoms with Gasteiger partial charge in [-0.05, 0) is 6.20 Å². The van der Waals surface area contributed by atoms with Gasteiger partial charge >= 0.3 is 5.97 Å². The smallest absolute Gasteiger partial charge is 0.305 e. The molecule has 0 aliphatic heterocycles. The monoisotopic (exact) mass is 129 g/mol. The number of aliphatic carboxylic acids is 1. The van der Waals surface area contributed by atoms with Crippen molar-refractivity contribution in [3.8, 4) is 0 Å². The van der Waals surface area contributed by atoms with Crippen molar-refractivity contribution in [2.75, 3.05) is 13.6 Å². The van der Waals surface area contributed by atoms with Crippen LogP contribution in [0.1, 0.15) is 6.42 Å². The molecule has 1 N–H and O–H groups in total. The van der Waals surface area contributed by atoms with E-state index in [1.165, 1.54) is 0 Å². The van der Waals surface area contributed by atoms with Crippen LogP contribution in [0.2, 0.25) is 0 Å². The van der Waals surface area contributed by atoms with Gasteiger partial charge in [-0.25, -0.2) is 0 Å². The minimum atomic E-state index is -0.774. The number of carboxylic acid groups (broad SMARTS) is 1. The zero-order valence-electron chi connectivity index (χ0n) is 5.50. The first-order valence-electron chi connectivity index (χ1n) is 2.71. The number of hydrogen-bond acceptors (Lipinski definition) is 2. The Labute approximate surface area is 54.6 Å². The normalized spacial score (nSPS) is 8.56. The summed E-state index contributed by atoms with van der Waals surface area (Å²) in [6.07, 6.45) is 1.77. The Morgan fingerprint density at radius 3 is 2.78 bits per heavy atom. The second kappa shape index (κ2) is 3.95. The zero-order chi connectivity index (χ0) is 7.28. The van der Waals surface area contributed by atoms with Gasteiger partial charge in [0.1, 0.15) is 0 Å². The maximum absolute atomic E-state index is 9.96. The molecule has 52 valence electrons. The summed E-state index contributed by atoms with van der Waals surface area (Å²) in [5.41, 5.74) is 0. The van der Waals surface area contributed by atoms with Crippen molar-refractivity contribution in [3.05, 3.63) is 12.8 Å². The molecule has 0 amide bonds. The van der Waals surface area contributed by atoms with Gasteiger partial charge in [-0.3, -0.25) is 4.79 Å². The van der Waals surface area contributed by atoms with Crippen molar-refractivity contribution in [1.29, 1.82) is 0 Å². The SMILES string of the molecule is C=CN(C)CCC(=O)O. The van der Waals surface area contributed by atoms with E-state index < -0.39 is 5.97 Å². The van der Waals surface area contributed by atoms with Gasteiger partial charge in [0.05, 0.1) is 6.42 Å². The Kier molecular flexibility index (Phi) is 3.51. The van der Waals surface area contributed by atoms with Crippen molar-refractivity contribution in [2.45, 2.75) is 6.42 Å². The highest BCUT2D eigenvalue weighted by Crippen LogP contribution is 1.85. The third kappa shape index (κ3) is 4.87. The molecule has 0 fully saturated rings. The molecule has 0 radical (unpaired) electrons. The molecule has 0 spiro atoms. The molecule has 0 saturated heterocycles. The van der Waals surface area contributed by atoms with E-state index in [9.17, 15) is 4.79 Å². The summed E-state index contributed by atoms with van der Waals surface area (Å²) >= 11 is 0. The van der Waals surface area contributed by atoms with Gasteiger partial charge in [0.15, 0.2) is 0 Å². The molecular formula is C6H11NO2. The van der Waals surface area contributed by atoms with Crippen molar-refractivity contribution in [1.82, 2.24) is 4.90 Å². The molecule has 0 aliphatic carbocycles. The Hall–Kier alpha value is -0.990. The van der Waals surface area contributed by atoms with Gasteiger partial charge in [-0.15, -0.1) is 0 Å². The molecular weight excluding hydrogens is 118 g/mol. The van der Waals surface area contributed by atoms with Crippen molar-refractivity contribution < 1.29 is 9.90 Å². The van der Waals surface area contributed by atoms with Gasteiger partial charge in [-0.2, -0.15) is 0 Å². The molecule has 0 rings (SSSR count). The quantitative estimate of drug-likeness (QED) is 0.602. The molecule has 0 unspecified atom stereocenters. The predicted octanol–water partition coefficient (Wildman–Crippen LogP) is 0.536. The number of nitrogens with zero attached hydrogens (tertiary/aromatic N) is 1. The highest BCUT2D eigenvalue weighted by atomic mass is 16.4. The lowest BCUT2D eigenvalue weighted by molar-refractivity contribution is -0.137. The van der Waals surface area contributed by atoms with Crippen LogP contribution in [0.4, 0.5) is 0 Å². The Balaban J connectivity index is 3.26. The number of hydrogen-bond donors (Lipinski definition) is 1. The fourth-order valence-corrected chi connectivity index (χ4v) is 0.363. The van der Waals surface area contributed by atoms with Crippen LogP contribution in [0.5, 0.6) is 0 Å². The summed E-state index contributed by atoms with van der Waals surface area (Å²) in [6.45, 7) is 4.00. The van der Waals surface area contributed by atoms with Crippen LogP contribution in [0, 0.1) is 0 Å². The molecule has 3 nitrogen and oxygen atoms in total. The van der Waals surface area contributed by atoms with E-state index in [4.69, 9.17) is 5.11 Å². The van der Waals surface area contributed by atoms with Crippen LogP contribution in [0.15, 0.2) is 12.8 Å². The fourth-order valence-electron chi connectivity index (χ4n) is 0.363. The molecule has 0 aromatic carbocycles. The molecule has 0 heterocycles. The largest absolute Gasteiger partial charge is 0.481 e. The lowest BCUT2D eigenvalue weighted by Crippen LogP contribution is -2.14. The fraction of sp³-hybridized carbons (Fsp3) is 0.500. The number of carboxylic acids is 1. The van der Waals surface area contributed by atoms with Gasteiger partial charge in [0, 0.05) is 13.6 Å². The second-order valence-corrected chi connectivity index (χ2v) is 1.81. The van der Waals surface area contributed by atoms with Crippen LogP contribution in [-0.4, -0.2) is 29.6 Å². The van der Waals surface area contributed by atoms with Crippen LogP contribution in [0.3, 0.4) is 0 Å². The first-order chi connectivity index (χ1) is 4.16. The van der Waals surface area contributed by atoms with Gasteiger partial charge in [0.2, 0.25) is 0 Å². The molecule has 9 heavy (non-hydrogen) atoms. The summed E-state index contributed by atoms with van der Waals surface area (Å²) < 4.78 is 0. The van der Waals surface area contributed by atoms with E-state index in [2.05, 4.69) is 6.58 Å². The number of carbonyl (C=O) groups is 1. The Bertz CT molecular complexity index is 112. The van der Waals surface area contributed by atoms with Crippen LogP contribution < -0.4 is 0 Å². The average molecular weight is 129 g/mol. The Morgan fingerprint density at radius 1 is 1.89 bits per heavy atom. The van der Waals surface area contributed by atoms with E-state index in [1.54, 1.807) is 18.1 Å². The minimum Gasteiger partial charge on any atom is -0.481 e. The highest BCUT2D eigenvalue weighted by molar-refractivity contribution is 5.66. The third-order valence-corrected chi connectivity index (χ3v) is 0.990. The predicted molar refractivity (Wildman–Crippen MR) is 35.1 cm³/mol. The van der Waals surface area contributed by atoms with E-state index in [-0.39, 0.29) is 6.42 Å². The summed E-state index contributed by atoms with van der Waals surface area (Å²) in [5, 5.41) is 8.20. The molecule has 3 heteroatoms. The van der Waals surface area contributed by atoms with Crippen LogP contribution in [0.25, 0.3) is 0 Å². The topological polar surface area (TPSA) is 40.5 Å². The summed E-state index contributed by atoms with van der Waals surface area (Å²) in [6, 6.07) is 0. The number of rotatable bonds is 4. The van der Waals surface area contributed by atoms with E-state index in [0.29, 0.717) is 6.54 Å². The second-order valence-electron chi connectivity index (χ2n) is 1.81. The van der Waals surface area contributed by atoms with Crippen LogP contribution >= 0.6 is 0 Å². The average Bonchev–Trinajstić information content (AvgIpc) is 1.83. The maximum Gasteiger partial charge on any atom is 0.305 e. The molecule has 0 aliphatic rings. The summed E-state index contributed by atoms with van der Waals surface area (Å²) in [4.78, 5) is 11.7. The minimum absolute atomic E-state index is 0.169. The van der Waals surface area contributed by atoms with Crippen LogP contribution in [-0.2, 0) is 4.79 Å². The first-order valence-corrected chi connectivity index (χ1v) is 2.71. The highest BCUT2D eigenvalue weighted by Gasteiger charge is 1.96. The molecule has 0 aromatic heterocycles. The van der Waals surface area contributed by atoms with E-state index >= 15 is 0 Å². The van der Waals surface area contributed by atoms with Gasteiger partial charge in [-0.1, -0.05) is 6.58 Å². The summed E-state index contributed by atoms with van der Waals surface area (Å²) in [7, 11) is 1.79. The van der Waals surface area contributed by atoms with E-state index in [0.717, 1.165) is 0 Å². The first kappa shape index (κ1) is 8.01. The molecule has 0 aromatic rings. The zero-order valence-corrected chi connectivity index (χ0v) is 5.50.